The van der Waals surface area contributed by atoms with E-state index in [0.29, 0.717) is 0 Å². The van der Waals surface area contributed by atoms with Crippen LogP contribution in [-0.4, -0.2) is 19.3 Å². The van der Waals surface area contributed by atoms with Crippen LogP contribution in [0.15, 0.2) is 15.9 Å². The summed E-state index contributed by atoms with van der Waals surface area (Å²) in [6.07, 6.45) is 1.00. The summed E-state index contributed by atoms with van der Waals surface area (Å²) in [5, 5.41) is 2.07. The lowest BCUT2D eigenvalue weighted by Gasteiger charge is -2.21. The number of thiophene rings is 1. The molecule has 0 aliphatic rings. The van der Waals surface area contributed by atoms with Crippen molar-refractivity contribution in [2.24, 2.45) is 5.84 Å². The maximum Gasteiger partial charge on any atom is 0.0713 e. The first-order valence-corrected chi connectivity index (χ1v) is 6.06. The van der Waals surface area contributed by atoms with Gasteiger partial charge in [-0.05, 0) is 28.9 Å². The SMILES string of the molecule is COC(C)C(Cc1cc(Br)cs1)NN. The number of methoxy groups -OCH3 is 1. The minimum atomic E-state index is 0.112. The first-order valence-electron chi connectivity index (χ1n) is 4.39. The summed E-state index contributed by atoms with van der Waals surface area (Å²) in [7, 11) is 1.69. The van der Waals surface area contributed by atoms with Gasteiger partial charge in [0.25, 0.3) is 0 Å². The number of nitrogens with one attached hydrogen (secondary N) is 1. The Morgan fingerprint density at radius 1 is 1.71 bits per heavy atom. The summed E-state index contributed by atoms with van der Waals surface area (Å²) in [6.45, 7) is 2.01. The number of hydrogen-bond acceptors (Lipinski definition) is 4. The average Bonchev–Trinajstić information content (AvgIpc) is 2.59. The van der Waals surface area contributed by atoms with Crippen molar-refractivity contribution < 1.29 is 4.74 Å². The highest BCUT2D eigenvalue weighted by Crippen LogP contribution is 2.21. The highest BCUT2D eigenvalue weighted by molar-refractivity contribution is 9.10. The molecule has 0 fully saturated rings. The predicted octanol–water partition coefficient (Wildman–Crippen LogP) is 1.92. The molecule has 0 amide bonds. The van der Waals surface area contributed by atoms with Crippen molar-refractivity contribution in [3.63, 3.8) is 0 Å². The van der Waals surface area contributed by atoms with E-state index in [2.05, 4.69) is 32.8 Å². The van der Waals surface area contributed by atoms with E-state index in [-0.39, 0.29) is 12.1 Å². The molecule has 0 bridgehead atoms. The molecule has 0 saturated carbocycles. The normalized spacial score (nSPS) is 15.4. The molecule has 3 N–H and O–H groups in total. The van der Waals surface area contributed by atoms with Crippen LogP contribution in [0.25, 0.3) is 0 Å². The molecule has 0 spiro atoms. The smallest absolute Gasteiger partial charge is 0.0713 e. The van der Waals surface area contributed by atoms with E-state index < -0.39 is 0 Å². The molecule has 80 valence electrons. The Labute approximate surface area is 96.7 Å². The summed E-state index contributed by atoms with van der Waals surface area (Å²) in [4.78, 5) is 1.30. The Kier molecular flexibility index (Phi) is 5.05. The van der Waals surface area contributed by atoms with E-state index in [4.69, 9.17) is 10.6 Å². The van der Waals surface area contributed by atoms with Crippen molar-refractivity contribution in [1.29, 1.82) is 0 Å². The fourth-order valence-electron chi connectivity index (χ4n) is 1.20. The predicted molar refractivity (Wildman–Crippen MR) is 63.3 cm³/mol. The summed E-state index contributed by atoms with van der Waals surface area (Å²) in [5.41, 5.74) is 2.78. The van der Waals surface area contributed by atoms with Crippen LogP contribution in [0.3, 0.4) is 0 Å². The lowest BCUT2D eigenvalue weighted by molar-refractivity contribution is 0.0834. The Balaban J connectivity index is 2.56. The van der Waals surface area contributed by atoms with Crippen LogP contribution in [0, 0.1) is 0 Å². The number of nitrogens with two attached hydrogens (primary N) is 1. The van der Waals surface area contributed by atoms with Crippen molar-refractivity contribution in [3.8, 4) is 0 Å². The van der Waals surface area contributed by atoms with Crippen molar-refractivity contribution in [1.82, 2.24) is 5.43 Å². The van der Waals surface area contributed by atoms with E-state index >= 15 is 0 Å². The van der Waals surface area contributed by atoms with Crippen LogP contribution < -0.4 is 11.3 Å². The summed E-state index contributed by atoms with van der Waals surface area (Å²) < 4.78 is 6.36. The molecule has 1 aromatic heterocycles. The zero-order valence-corrected chi connectivity index (χ0v) is 10.7. The van der Waals surface area contributed by atoms with Gasteiger partial charge in [0.05, 0.1) is 12.1 Å². The first-order chi connectivity index (χ1) is 6.67. The van der Waals surface area contributed by atoms with E-state index in [1.165, 1.54) is 4.88 Å². The van der Waals surface area contributed by atoms with Gasteiger partial charge >= 0.3 is 0 Å². The van der Waals surface area contributed by atoms with Gasteiger partial charge in [-0.15, -0.1) is 11.3 Å². The number of ether oxygens (including phenoxy) is 1. The third-order valence-electron chi connectivity index (χ3n) is 2.20. The Morgan fingerprint density at radius 2 is 2.43 bits per heavy atom. The molecule has 1 rings (SSSR count). The van der Waals surface area contributed by atoms with Gasteiger partial charge in [-0.2, -0.15) is 0 Å². The summed E-state index contributed by atoms with van der Waals surface area (Å²) in [5.74, 6) is 5.47. The van der Waals surface area contributed by atoms with Gasteiger partial charge in [-0.3, -0.25) is 11.3 Å². The monoisotopic (exact) mass is 278 g/mol. The molecule has 0 radical (unpaired) electrons. The van der Waals surface area contributed by atoms with Gasteiger partial charge in [0, 0.05) is 28.3 Å². The number of hydrogen-bond donors (Lipinski definition) is 2. The second-order valence-corrected chi connectivity index (χ2v) is 5.06. The molecular weight excluding hydrogens is 264 g/mol. The quantitative estimate of drug-likeness (QED) is 0.639. The molecule has 1 heterocycles. The van der Waals surface area contributed by atoms with Gasteiger partial charge in [-0.25, -0.2) is 0 Å². The summed E-state index contributed by atoms with van der Waals surface area (Å²) in [6, 6.07) is 2.27. The van der Waals surface area contributed by atoms with Crippen molar-refractivity contribution in [2.75, 3.05) is 7.11 Å². The van der Waals surface area contributed by atoms with Crippen LogP contribution in [0.1, 0.15) is 11.8 Å². The zero-order valence-electron chi connectivity index (χ0n) is 8.29. The van der Waals surface area contributed by atoms with Crippen LogP contribution in [-0.2, 0) is 11.2 Å². The third-order valence-corrected chi connectivity index (χ3v) is 3.92. The van der Waals surface area contributed by atoms with Gasteiger partial charge in [0.1, 0.15) is 0 Å². The van der Waals surface area contributed by atoms with Gasteiger partial charge < -0.3 is 4.74 Å². The molecule has 3 nitrogen and oxygen atoms in total. The lowest BCUT2D eigenvalue weighted by Crippen LogP contribution is -2.44. The first kappa shape index (κ1) is 12.1. The Hall–Kier alpha value is 0.0600. The topological polar surface area (TPSA) is 47.3 Å². The van der Waals surface area contributed by atoms with E-state index in [1.807, 2.05) is 6.92 Å². The second-order valence-electron chi connectivity index (χ2n) is 3.15. The highest BCUT2D eigenvalue weighted by atomic mass is 79.9. The van der Waals surface area contributed by atoms with Crippen molar-refractivity contribution in [2.45, 2.75) is 25.5 Å². The molecule has 2 atom stereocenters. The maximum atomic E-state index is 5.47. The fraction of sp³-hybridized carbons (Fsp3) is 0.556. The Morgan fingerprint density at radius 3 is 2.86 bits per heavy atom. The zero-order chi connectivity index (χ0) is 10.6. The van der Waals surface area contributed by atoms with E-state index in [0.717, 1.165) is 10.9 Å². The standard InChI is InChI=1S/C9H15BrN2OS/c1-6(13-2)9(12-11)4-8-3-7(10)5-14-8/h3,5-6,9,12H,4,11H2,1-2H3. The largest absolute Gasteiger partial charge is 0.380 e. The molecular formula is C9H15BrN2OS. The fourth-order valence-corrected chi connectivity index (χ4v) is 2.71. The van der Waals surface area contributed by atoms with Crippen LogP contribution in [0.2, 0.25) is 0 Å². The van der Waals surface area contributed by atoms with Gasteiger partial charge in [-0.1, -0.05) is 0 Å². The Bertz CT molecular complexity index is 280. The van der Waals surface area contributed by atoms with Gasteiger partial charge in [0.15, 0.2) is 0 Å². The number of hydrazine groups is 1. The maximum absolute atomic E-state index is 5.47. The van der Waals surface area contributed by atoms with Crippen molar-refractivity contribution in [3.05, 3.63) is 20.8 Å². The highest BCUT2D eigenvalue weighted by Gasteiger charge is 2.16. The molecule has 0 saturated heterocycles. The van der Waals surface area contributed by atoms with Gasteiger partial charge in [0.2, 0.25) is 0 Å². The van der Waals surface area contributed by atoms with Crippen molar-refractivity contribution >= 4 is 27.3 Å². The van der Waals surface area contributed by atoms with Crippen LogP contribution >= 0.6 is 27.3 Å². The average molecular weight is 279 g/mol. The molecule has 5 heteroatoms. The lowest BCUT2D eigenvalue weighted by atomic mass is 10.1. The minimum absolute atomic E-state index is 0.112. The van der Waals surface area contributed by atoms with Crippen LogP contribution in [0.5, 0.6) is 0 Å². The molecule has 0 aliphatic heterocycles. The number of rotatable bonds is 5. The van der Waals surface area contributed by atoms with E-state index in [1.54, 1.807) is 18.4 Å². The molecule has 2 unspecified atom stereocenters. The molecule has 1 aromatic rings. The summed E-state index contributed by atoms with van der Waals surface area (Å²) >= 11 is 5.15. The third kappa shape index (κ3) is 3.33. The van der Waals surface area contributed by atoms with E-state index in [9.17, 15) is 0 Å². The number of halogens is 1. The minimum Gasteiger partial charge on any atom is -0.380 e. The van der Waals surface area contributed by atoms with Crippen LogP contribution in [0.4, 0.5) is 0 Å². The molecule has 0 aromatic carbocycles. The molecule has 0 aliphatic carbocycles. The molecule has 14 heavy (non-hydrogen) atoms. The second kappa shape index (κ2) is 5.82.